The molecule has 3 nitrogen and oxygen atoms in total. The van der Waals surface area contributed by atoms with E-state index in [1.54, 1.807) is 42.5 Å². The lowest BCUT2D eigenvalue weighted by Gasteiger charge is -2.07. The minimum Gasteiger partial charge on any atom is -0.455 e. The van der Waals surface area contributed by atoms with Crippen LogP contribution in [0.2, 0.25) is 0 Å². The van der Waals surface area contributed by atoms with Crippen LogP contribution in [0.4, 0.5) is 4.39 Å². The Kier molecular flexibility index (Phi) is 2.97. The van der Waals surface area contributed by atoms with Crippen LogP contribution in [0.25, 0.3) is 11.0 Å². The third kappa shape index (κ3) is 2.04. The van der Waals surface area contributed by atoms with Crippen molar-refractivity contribution in [1.29, 1.82) is 5.26 Å². The van der Waals surface area contributed by atoms with Crippen molar-refractivity contribution in [2.45, 2.75) is 6.10 Å². The van der Waals surface area contributed by atoms with E-state index in [1.165, 1.54) is 6.07 Å². The molecule has 1 unspecified atom stereocenters. The van der Waals surface area contributed by atoms with E-state index < -0.39 is 11.9 Å². The molecule has 0 radical (unpaired) electrons. The molecule has 98 valence electrons. The number of nitriles is 1. The number of hydrogen-bond donors (Lipinski definition) is 1. The van der Waals surface area contributed by atoms with Gasteiger partial charge in [-0.15, -0.1) is 0 Å². The average molecular weight is 267 g/mol. The van der Waals surface area contributed by atoms with Gasteiger partial charge in [0.25, 0.3) is 0 Å². The van der Waals surface area contributed by atoms with Gasteiger partial charge in [-0.2, -0.15) is 5.26 Å². The summed E-state index contributed by atoms with van der Waals surface area (Å²) in [4.78, 5) is 0. The first-order valence-corrected chi connectivity index (χ1v) is 6.05. The van der Waals surface area contributed by atoms with Crippen LogP contribution < -0.4 is 0 Å². The quantitative estimate of drug-likeness (QED) is 0.772. The Hall–Kier alpha value is -2.64. The number of fused-ring (bicyclic) bond motifs is 1. The molecule has 3 rings (SSSR count). The molecule has 20 heavy (non-hydrogen) atoms. The molecule has 0 bridgehead atoms. The number of hydrogen-bond acceptors (Lipinski definition) is 3. The highest BCUT2D eigenvalue weighted by atomic mass is 19.1. The van der Waals surface area contributed by atoms with Gasteiger partial charge in [-0.05, 0) is 29.8 Å². The number of rotatable bonds is 2. The van der Waals surface area contributed by atoms with E-state index in [0.717, 1.165) is 0 Å². The van der Waals surface area contributed by atoms with E-state index in [1.807, 2.05) is 6.07 Å². The van der Waals surface area contributed by atoms with Gasteiger partial charge in [-0.3, -0.25) is 0 Å². The van der Waals surface area contributed by atoms with Crippen molar-refractivity contribution in [2.24, 2.45) is 0 Å². The molecular weight excluding hydrogens is 257 g/mol. The summed E-state index contributed by atoms with van der Waals surface area (Å²) >= 11 is 0. The van der Waals surface area contributed by atoms with Gasteiger partial charge in [0.1, 0.15) is 11.9 Å². The molecule has 1 N–H and O–H groups in total. The maximum absolute atomic E-state index is 13.6. The third-order valence-corrected chi connectivity index (χ3v) is 3.12. The van der Waals surface area contributed by atoms with Crippen molar-refractivity contribution in [2.75, 3.05) is 0 Å². The lowest BCUT2D eigenvalue weighted by Crippen LogP contribution is -1.98. The molecule has 1 aromatic heterocycles. The van der Waals surface area contributed by atoms with Crippen LogP contribution >= 0.6 is 0 Å². The van der Waals surface area contributed by atoms with Crippen molar-refractivity contribution < 1.29 is 13.9 Å². The average Bonchev–Trinajstić information content (AvgIpc) is 2.92. The van der Waals surface area contributed by atoms with E-state index >= 15 is 0 Å². The minimum atomic E-state index is -1.03. The number of furan rings is 1. The summed E-state index contributed by atoms with van der Waals surface area (Å²) in [5.74, 6) is -0.216. The number of benzene rings is 2. The summed E-state index contributed by atoms with van der Waals surface area (Å²) < 4.78 is 18.9. The molecule has 1 heterocycles. The van der Waals surface area contributed by atoms with E-state index in [-0.39, 0.29) is 11.3 Å². The maximum atomic E-state index is 13.6. The van der Waals surface area contributed by atoms with Crippen LogP contribution in [-0.2, 0) is 0 Å². The first-order valence-electron chi connectivity index (χ1n) is 6.05. The normalized spacial score (nSPS) is 12.2. The predicted octanol–water partition coefficient (Wildman–Crippen LogP) is 3.53. The van der Waals surface area contributed by atoms with Crippen LogP contribution in [0.5, 0.6) is 0 Å². The number of halogens is 1. The summed E-state index contributed by atoms with van der Waals surface area (Å²) in [5.41, 5.74) is 1.10. The van der Waals surface area contributed by atoms with E-state index in [0.29, 0.717) is 16.5 Å². The Labute approximate surface area is 114 Å². The minimum absolute atomic E-state index is 0.123. The van der Waals surface area contributed by atoms with Crippen molar-refractivity contribution in [1.82, 2.24) is 0 Å². The predicted molar refractivity (Wildman–Crippen MR) is 71.4 cm³/mol. The largest absolute Gasteiger partial charge is 0.455 e. The fourth-order valence-corrected chi connectivity index (χ4v) is 2.12. The summed E-state index contributed by atoms with van der Waals surface area (Å²) in [6.45, 7) is 0. The monoisotopic (exact) mass is 267 g/mol. The topological polar surface area (TPSA) is 57.2 Å². The number of para-hydroxylation sites is 1. The van der Waals surface area contributed by atoms with E-state index in [9.17, 15) is 9.50 Å². The molecular formula is C16H10FNO2. The Morgan fingerprint density at radius 2 is 1.95 bits per heavy atom. The lowest BCUT2D eigenvalue weighted by atomic mass is 10.0. The molecule has 3 aromatic rings. The maximum Gasteiger partial charge on any atom is 0.170 e. The molecule has 0 aliphatic heterocycles. The second kappa shape index (κ2) is 4.80. The van der Waals surface area contributed by atoms with Gasteiger partial charge < -0.3 is 9.52 Å². The van der Waals surface area contributed by atoms with Gasteiger partial charge in [0.15, 0.2) is 11.4 Å². The molecule has 0 amide bonds. The smallest absolute Gasteiger partial charge is 0.170 e. The van der Waals surface area contributed by atoms with Gasteiger partial charge in [0, 0.05) is 5.39 Å². The Morgan fingerprint density at radius 3 is 2.70 bits per heavy atom. The van der Waals surface area contributed by atoms with Gasteiger partial charge in [0.2, 0.25) is 0 Å². The summed E-state index contributed by atoms with van der Waals surface area (Å²) in [7, 11) is 0. The Morgan fingerprint density at radius 1 is 1.15 bits per heavy atom. The van der Waals surface area contributed by atoms with Gasteiger partial charge >= 0.3 is 0 Å². The van der Waals surface area contributed by atoms with Crippen molar-refractivity contribution >= 4 is 11.0 Å². The van der Waals surface area contributed by atoms with Crippen molar-refractivity contribution in [3.8, 4) is 6.07 Å². The highest BCUT2D eigenvalue weighted by Gasteiger charge is 2.17. The molecule has 0 saturated heterocycles. The summed E-state index contributed by atoms with van der Waals surface area (Å²) in [5, 5.41) is 19.7. The number of nitrogens with zero attached hydrogens (tertiary/aromatic N) is 1. The van der Waals surface area contributed by atoms with Gasteiger partial charge in [-0.1, -0.05) is 24.3 Å². The van der Waals surface area contributed by atoms with E-state index in [2.05, 4.69) is 0 Å². The molecule has 4 heteroatoms. The molecule has 0 saturated carbocycles. The van der Waals surface area contributed by atoms with Crippen LogP contribution in [-0.4, -0.2) is 5.11 Å². The molecule has 0 aliphatic rings. The first kappa shape index (κ1) is 12.4. The zero-order valence-corrected chi connectivity index (χ0v) is 10.4. The molecule has 0 fully saturated rings. The van der Waals surface area contributed by atoms with Crippen LogP contribution in [0, 0.1) is 17.1 Å². The summed E-state index contributed by atoms with van der Waals surface area (Å²) in [6.07, 6.45) is -1.03. The van der Waals surface area contributed by atoms with E-state index in [4.69, 9.17) is 9.68 Å². The van der Waals surface area contributed by atoms with Crippen molar-refractivity contribution in [3.63, 3.8) is 0 Å². The van der Waals surface area contributed by atoms with Crippen LogP contribution in [0.15, 0.2) is 52.9 Å². The van der Waals surface area contributed by atoms with Crippen LogP contribution in [0.1, 0.15) is 23.0 Å². The highest BCUT2D eigenvalue weighted by Crippen LogP contribution is 2.29. The fraction of sp³-hybridized carbons (Fsp3) is 0.0625. The molecule has 0 aliphatic carbocycles. The SMILES string of the molecule is N#Cc1cccc(C(O)c2cc3cccc(F)c3o2)c1. The Balaban J connectivity index is 2.06. The fourth-order valence-electron chi connectivity index (χ4n) is 2.12. The summed E-state index contributed by atoms with van der Waals surface area (Å²) in [6, 6.07) is 14.8. The number of aliphatic hydroxyl groups is 1. The van der Waals surface area contributed by atoms with Gasteiger partial charge in [0.05, 0.1) is 11.6 Å². The molecule has 1 atom stereocenters. The van der Waals surface area contributed by atoms with Crippen molar-refractivity contribution in [3.05, 3.63) is 71.2 Å². The number of aliphatic hydroxyl groups excluding tert-OH is 1. The lowest BCUT2D eigenvalue weighted by molar-refractivity contribution is 0.192. The third-order valence-electron chi connectivity index (χ3n) is 3.12. The Bertz CT molecular complexity index is 817. The first-order chi connectivity index (χ1) is 9.69. The van der Waals surface area contributed by atoms with Crippen LogP contribution in [0.3, 0.4) is 0 Å². The zero-order valence-electron chi connectivity index (χ0n) is 10.4. The molecule has 2 aromatic carbocycles. The zero-order chi connectivity index (χ0) is 14.1. The highest BCUT2D eigenvalue weighted by molar-refractivity contribution is 5.78. The van der Waals surface area contributed by atoms with Gasteiger partial charge in [-0.25, -0.2) is 4.39 Å². The standard InChI is InChI=1S/C16H10FNO2/c17-13-6-2-5-12-8-14(20-16(12)13)15(19)11-4-1-3-10(7-11)9-18/h1-8,15,19H. The second-order valence-corrected chi connectivity index (χ2v) is 4.45. The molecule has 0 spiro atoms. The second-order valence-electron chi connectivity index (χ2n) is 4.45.